The number of amides is 2. The van der Waals surface area contributed by atoms with Gasteiger partial charge in [-0.05, 0) is 43.2 Å². The Balaban J connectivity index is 1.06. The molecule has 0 unspecified atom stereocenters. The Morgan fingerprint density at radius 1 is 0.909 bits per heavy atom. The van der Waals surface area contributed by atoms with Crippen molar-refractivity contribution in [3.05, 3.63) is 42.0 Å². The van der Waals surface area contributed by atoms with Crippen molar-refractivity contribution in [3.63, 3.8) is 0 Å². The van der Waals surface area contributed by atoms with Crippen molar-refractivity contribution >= 4 is 23.5 Å². The highest BCUT2D eigenvalue weighted by Gasteiger charge is 2.44. The van der Waals surface area contributed by atoms with E-state index in [-0.39, 0.29) is 13.3 Å². The Bertz CT molecular complexity index is 1110. The Kier molecular flexibility index (Phi) is 5.41. The summed E-state index contributed by atoms with van der Waals surface area (Å²) in [5, 5.41) is 5.10. The van der Waals surface area contributed by atoms with E-state index in [1.54, 1.807) is 30.3 Å². The number of esters is 1. The molecule has 0 aromatic heterocycles. The largest absolute Gasteiger partial charge is 0.454 e. The monoisotopic (exact) mass is 454 g/mol. The van der Waals surface area contributed by atoms with Crippen LogP contribution in [0.4, 0.5) is 5.69 Å². The van der Waals surface area contributed by atoms with E-state index in [2.05, 4.69) is 10.6 Å². The van der Waals surface area contributed by atoms with Gasteiger partial charge in [0.2, 0.25) is 6.79 Å². The molecule has 2 aromatic rings. The maximum absolute atomic E-state index is 12.2. The molecule has 2 N–H and O–H groups in total. The van der Waals surface area contributed by atoms with Gasteiger partial charge in [0.1, 0.15) is 6.54 Å². The molecule has 2 aliphatic heterocycles. The molecule has 172 valence electrons. The summed E-state index contributed by atoms with van der Waals surface area (Å²) in [6.45, 7) is -0.772. The first-order valence-electron chi connectivity index (χ1n) is 10.7. The number of rotatable bonds is 6. The number of ether oxygens (including phenoxy) is 5. The lowest BCUT2D eigenvalue weighted by Crippen LogP contribution is -2.34. The quantitative estimate of drug-likeness (QED) is 0.638. The van der Waals surface area contributed by atoms with Gasteiger partial charge in [0.05, 0.1) is 0 Å². The van der Waals surface area contributed by atoms with Crippen molar-refractivity contribution in [1.29, 1.82) is 0 Å². The maximum atomic E-state index is 12.2. The molecule has 2 aromatic carbocycles. The third-order valence-corrected chi connectivity index (χ3v) is 5.58. The van der Waals surface area contributed by atoms with E-state index in [4.69, 9.17) is 23.7 Å². The fourth-order valence-corrected chi connectivity index (χ4v) is 3.98. The van der Waals surface area contributed by atoms with Crippen molar-refractivity contribution in [2.45, 2.75) is 31.5 Å². The Labute approximate surface area is 189 Å². The van der Waals surface area contributed by atoms with E-state index < -0.39 is 30.2 Å². The van der Waals surface area contributed by atoms with Gasteiger partial charge < -0.3 is 34.3 Å². The zero-order chi connectivity index (χ0) is 22.8. The summed E-state index contributed by atoms with van der Waals surface area (Å²) >= 11 is 0. The Morgan fingerprint density at radius 3 is 2.52 bits per heavy atom. The van der Waals surface area contributed by atoms with Gasteiger partial charge in [-0.1, -0.05) is 0 Å². The molecular formula is C23H22N2O8. The third kappa shape index (κ3) is 4.50. The van der Waals surface area contributed by atoms with Gasteiger partial charge in [0, 0.05) is 30.2 Å². The van der Waals surface area contributed by atoms with E-state index >= 15 is 0 Å². The number of benzene rings is 2. The highest BCUT2D eigenvalue weighted by atomic mass is 16.7. The number of nitrogens with one attached hydrogen (secondary N) is 2. The average molecular weight is 454 g/mol. The summed E-state index contributed by atoms with van der Waals surface area (Å²) in [5.74, 6) is -0.0622. The molecule has 0 radical (unpaired) electrons. The zero-order valence-electron chi connectivity index (χ0n) is 17.7. The van der Waals surface area contributed by atoms with Gasteiger partial charge in [-0.2, -0.15) is 0 Å². The van der Waals surface area contributed by atoms with Gasteiger partial charge in [-0.25, -0.2) is 0 Å². The lowest BCUT2D eigenvalue weighted by Gasteiger charge is -2.21. The molecule has 10 nitrogen and oxygen atoms in total. The molecule has 1 spiro atoms. The van der Waals surface area contributed by atoms with Crippen molar-refractivity contribution in [2.24, 2.45) is 0 Å². The lowest BCUT2D eigenvalue weighted by atomic mass is 10.2. The fourth-order valence-electron chi connectivity index (χ4n) is 3.98. The maximum Gasteiger partial charge on any atom is 0.325 e. The SMILES string of the molecule is O=C(COC(=O)CNC(=O)c1ccc2c(c1)OCO2)Nc1ccc2c(c1)OC1(CCCC1)O2. The summed E-state index contributed by atoms with van der Waals surface area (Å²) in [4.78, 5) is 36.3. The number of hydrogen-bond acceptors (Lipinski definition) is 8. The third-order valence-electron chi connectivity index (χ3n) is 5.58. The van der Waals surface area contributed by atoms with E-state index in [9.17, 15) is 14.4 Å². The predicted octanol–water partition coefficient (Wildman–Crippen LogP) is 2.37. The average Bonchev–Trinajstić information content (AvgIpc) is 3.55. The van der Waals surface area contributed by atoms with Crippen LogP contribution in [0.1, 0.15) is 36.0 Å². The van der Waals surface area contributed by atoms with Gasteiger partial charge in [0.25, 0.3) is 17.6 Å². The standard InChI is InChI=1S/C23H22N2O8/c26-20(25-15-4-6-17-19(10-15)33-23(32-17)7-1-2-8-23)12-29-21(27)11-24-22(28)14-3-5-16-18(9-14)31-13-30-16/h3-6,9-10H,1-2,7-8,11-13H2,(H,24,28)(H,25,26). The van der Waals surface area contributed by atoms with Crippen LogP contribution in [0.3, 0.4) is 0 Å². The van der Waals surface area contributed by atoms with Crippen LogP contribution >= 0.6 is 0 Å². The first-order chi connectivity index (χ1) is 16.0. The van der Waals surface area contributed by atoms with Crippen molar-refractivity contribution in [3.8, 4) is 23.0 Å². The topological polar surface area (TPSA) is 121 Å². The van der Waals surface area contributed by atoms with Gasteiger partial charge in [0.15, 0.2) is 29.6 Å². The molecular weight excluding hydrogens is 432 g/mol. The van der Waals surface area contributed by atoms with E-state index in [0.717, 1.165) is 25.7 Å². The molecule has 2 heterocycles. The Morgan fingerprint density at radius 2 is 1.67 bits per heavy atom. The molecule has 2 amide bonds. The Hall–Kier alpha value is -3.95. The van der Waals surface area contributed by atoms with E-state index in [1.165, 1.54) is 6.07 Å². The van der Waals surface area contributed by atoms with Crippen LogP contribution in [0.25, 0.3) is 0 Å². The minimum atomic E-state index is -0.742. The molecule has 0 atom stereocenters. The number of anilines is 1. The summed E-state index contributed by atoms with van der Waals surface area (Å²) in [6, 6.07) is 9.83. The molecule has 0 bridgehead atoms. The second-order valence-corrected chi connectivity index (χ2v) is 7.94. The molecule has 5 rings (SSSR count). The number of carbonyl (C=O) groups excluding carboxylic acids is 3. The normalized spacial score (nSPS) is 16.5. The first-order valence-corrected chi connectivity index (χ1v) is 10.7. The predicted molar refractivity (Wildman–Crippen MR) is 113 cm³/mol. The first kappa shape index (κ1) is 20.9. The zero-order valence-corrected chi connectivity index (χ0v) is 17.7. The minimum absolute atomic E-state index is 0.0990. The molecule has 1 aliphatic carbocycles. The van der Waals surface area contributed by atoms with Crippen molar-refractivity contribution in [2.75, 3.05) is 25.3 Å². The molecule has 0 saturated heterocycles. The smallest absolute Gasteiger partial charge is 0.325 e. The van der Waals surface area contributed by atoms with Crippen LogP contribution in [0.15, 0.2) is 36.4 Å². The number of hydrogen-bond donors (Lipinski definition) is 2. The van der Waals surface area contributed by atoms with Crippen LogP contribution in [-0.2, 0) is 14.3 Å². The highest BCUT2D eigenvalue weighted by Crippen LogP contribution is 2.47. The fraction of sp³-hybridized carbons (Fsp3) is 0.348. The molecule has 33 heavy (non-hydrogen) atoms. The second kappa shape index (κ2) is 8.53. The van der Waals surface area contributed by atoms with Gasteiger partial charge >= 0.3 is 5.97 Å². The summed E-state index contributed by atoms with van der Waals surface area (Å²) in [7, 11) is 0. The lowest BCUT2D eigenvalue weighted by molar-refractivity contribution is -0.146. The molecule has 3 aliphatic rings. The molecule has 10 heteroatoms. The van der Waals surface area contributed by atoms with Crippen LogP contribution in [0.2, 0.25) is 0 Å². The number of carbonyl (C=O) groups is 3. The summed E-state index contributed by atoms with van der Waals surface area (Å²) < 4.78 is 27.3. The van der Waals surface area contributed by atoms with Crippen molar-refractivity contribution in [1.82, 2.24) is 5.32 Å². The minimum Gasteiger partial charge on any atom is -0.454 e. The van der Waals surface area contributed by atoms with Crippen LogP contribution in [0.5, 0.6) is 23.0 Å². The second-order valence-electron chi connectivity index (χ2n) is 7.94. The van der Waals surface area contributed by atoms with E-state index in [0.29, 0.717) is 34.2 Å². The molecule has 1 fully saturated rings. The van der Waals surface area contributed by atoms with E-state index in [1.807, 2.05) is 0 Å². The summed E-state index contributed by atoms with van der Waals surface area (Å²) in [5.41, 5.74) is 0.816. The van der Waals surface area contributed by atoms with Gasteiger partial charge in [-0.3, -0.25) is 14.4 Å². The van der Waals surface area contributed by atoms with Crippen LogP contribution < -0.4 is 29.6 Å². The summed E-state index contributed by atoms with van der Waals surface area (Å²) in [6.07, 6.45) is 3.79. The van der Waals surface area contributed by atoms with Gasteiger partial charge in [-0.15, -0.1) is 0 Å². The number of fused-ring (bicyclic) bond motifs is 2. The molecule has 1 saturated carbocycles. The highest BCUT2D eigenvalue weighted by molar-refractivity contribution is 5.97. The van der Waals surface area contributed by atoms with Crippen LogP contribution in [0, 0.1) is 0 Å². The van der Waals surface area contributed by atoms with Crippen LogP contribution in [-0.4, -0.2) is 43.5 Å². The van der Waals surface area contributed by atoms with Crippen molar-refractivity contribution < 1.29 is 38.1 Å².